The lowest BCUT2D eigenvalue weighted by Gasteiger charge is -2.18. The molecule has 2 atom stereocenters. The van der Waals surface area contributed by atoms with Gasteiger partial charge in [0.05, 0.1) is 12.6 Å². The Balaban J connectivity index is 2.18. The molecule has 0 saturated carbocycles. The molecule has 0 radical (unpaired) electrons. The van der Waals surface area contributed by atoms with Crippen molar-refractivity contribution in [3.8, 4) is 0 Å². The zero-order valence-electron chi connectivity index (χ0n) is 14.4. The van der Waals surface area contributed by atoms with Crippen molar-refractivity contribution < 1.29 is 9.59 Å². The predicted octanol–water partition coefficient (Wildman–Crippen LogP) is 0.180. The van der Waals surface area contributed by atoms with Crippen LogP contribution in [0.15, 0.2) is 0 Å². The van der Waals surface area contributed by atoms with Gasteiger partial charge in [-0.15, -0.1) is 0 Å². The minimum atomic E-state index is -0.563. The highest BCUT2D eigenvalue weighted by Gasteiger charge is 2.23. The van der Waals surface area contributed by atoms with Crippen molar-refractivity contribution in [1.29, 1.82) is 0 Å². The summed E-state index contributed by atoms with van der Waals surface area (Å²) in [6.45, 7) is 12.2. The van der Waals surface area contributed by atoms with Crippen LogP contribution < -0.4 is 16.4 Å². The van der Waals surface area contributed by atoms with Crippen molar-refractivity contribution in [2.75, 3.05) is 32.7 Å². The first-order chi connectivity index (χ1) is 10.3. The molecule has 0 bridgehead atoms. The Morgan fingerprint density at radius 1 is 1.23 bits per heavy atom. The number of amides is 2. The van der Waals surface area contributed by atoms with E-state index in [2.05, 4.69) is 29.4 Å². The maximum absolute atomic E-state index is 11.8. The van der Waals surface area contributed by atoms with Crippen LogP contribution in [0.3, 0.4) is 0 Å². The van der Waals surface area contributed by atoms with E-state index in [0.717, 1.165) is 26.1 Å². The number of nitrogens with one attached hydrogen (secondary N) is 2. The van der Waals surface area contributed by atoms with Gasteiger partial charge in [0.15, 0.2) is 0 Å². The summed E-state index contributed by atoms with van der Waals surface area (Å²) < 4.78 is 0. The second-order valence-corrected chi connectivity index (χ2v) is 7.10. The third-order valence-corrected chi connectivity index (χ3v) is 4.03. The van der Waals surface area contributed by atoms with Crippen LogP contribution in [0, 0.1) is 17.8 Å². The highest BCUT2D eigenvalue weighted by atomic mass is 16.2. The van der Waals surface area contributed by atoms with Crippen molar-refractivity contribution in [2.45, 2.75) is 40.2 Å². The fourth-order valence-electron chi connectivity index (χ4n) is 2.67. The first-order valence-electron chi connectivity index (χ1n) is 8.32. The highest BCUT2D eigenvalue weighted by Crippen LogP contribution is 2.16. The molecule has 1 rings (SSSR count). The Hall–Kier alpha value is -1.14. The smallest absolute Gasteiger partial charge is 0.239 e. The van der Waals surface area contributed by atoms with Gasteiger partial charge in [0.1, 0.15) is 0 Å². The molecule has 22 heavy (non-hydrogen) atoms. The summed E-state index contributed by atoms with van der Waals surface area (Å²) in [6, 6.07) is -0.563. The summed E-state index contributed by atoms with van der Waals surface area (Å²) in [5.41, 5.74) is 5.73. The highest BCUT2D eigenvalue weighted by molar-refractivity contribution is 5.87. The van der Waals surface area contributed by atoms with Gasteiger partial charge in [-0.1, -0.05) is 27.7 Å². The summed E-state index contributed by atoms with van der Waals surface area (Å²) in [7, 11) is 0. The third kappa shape index (κ3) is 6.75. The van der Waals surface area contributed by atoms with Gasteiger partial charge < -0.3 is 21.3 Å². The van der Waals surface area contributed by atoms with Crippen LogP contribution in [0.25, 0.3) is 0 Å². The Kier molecular flexibility index (Phi) is 7.82. The fourth-order valence-corrected chi connectivity index (χ4v) is 2.67. The number of nitrogens with zero attached hydrogens (tertiary/aromatic N) is 1. The van der Waals surface area contributed by atoms with E-state index in [1.807, 2.05) is 13.8 Å². The lowest BCUT2D eigenvalue weighted by atomic mass is 10.1. The summed E-state index contributed by atoms with van der Waals surface area (Å²) in [5, 5.41) is 5.49. The number of hydrogen-bond acceptors (Lipinski definition) is 4. The molecule has 6 heteroatoms. The van der Waals surface area contributed by atoms with Gasteiger partial charge in [0.2, 0.25) is 11.8 Å². The van der Waals surface area contributed by atoms with E-state index < -0.39 is 6.04 Å². The van der Waals surface area contributed by atoms with Crippen LogP contribution in [0.1, 0.15) is 34.1 Å². The zero-order chi connectivity index (χ0) is 16.7. The van der Waals surface area contributed by atoms with Gasteiger partial charge >= 0.3 is 0 Å². The van der Waals surface area contributed by atoms with Gasteiger partial charge in [-0.05, 0) is 30.7 Å². The van der Waals surface area contributed by atoms with E-state index in [1.54, 1.807) is 0 Å². The normalized spacial score (nSPS) is 20.4. The van der Waals surface area contributed by atoms with Crippen LogP contribution in [0.5, 0.6) is 0 Å². The van der Waals surface area contributed by atoms with Gasteiger partial charge in [-0.3, -0.25) is 9.59 Å². The fraction of sp³-hybridized carbons (Fsp3) is 0.875. The van der Waals surface area contributed by atoms with Gasteiger partial charge in [0, 0.05) is 19.6 Å². The molecule has 4 N–H and O–H groups in total. The molecule has 0 aliphatic carbocycles. The molecule has 0 spiro atoms. The predicted molar refractivity (Wildman–Crippen MR) is 88.2 cm³/mol. The number of rotatable bonds is 8. The Labute approximate surface area is 134 Å². The van der Waals surface area contributed by atoms with Crippen molar-refractivity contribution >= 4 is 11.8 Å². The Bertz CT molecular complexity index is 371. The van der Waals surface area contributed by atoms with E-state index >= 15 is 0 Å². The lowest BCUT2D eigenvalue weighted by molar-refractivity contribution is -0.127. The number of nitrogens with two attached hydrogens (primary N) is 1. The second kappa shape index (κ2) is 9.10. The minimum absolute atomic E-state index is 0.00167. The minimum Gasteiger partial charge on any atom is -0.354 e. The van der Waals surface area contributed by atoms with E-state index in [1.165, 1.54) is 0 Å². The van der Waals surface area contributed by atoms with Crippen LogP contribution in [0.2, 0.25) is 0 Å². The monoisotopic (exact) mass is 312 g/mol. The standard InChI is InChI=1S/C16H32N4O2/c1-11(2)9-20-6-5-13(10-20)7-18-14(21)8-19-16(22)15(17)12(3)4/h11-13,15H,5-10,17H2,1-4H3,(H,18,21)(H,19,22)/t13?,15-/m0/s1. The van der Waals surface area contributed by atoms with Gasteiger partial charge in [0.25, 0.3) is 0 Å². The molecule has 1 aliphatic rings. The van der Waals surface area contributed by atoms with Gasteiger partial charge in [-0.2, -0.15) is 0 Å². The molecule has 0 aromatic rings. The molecule has 1 fully saturated rings. The zero-order valence-corrected chi connectivity index (χ0v) is 14.4. The van der Waals surface area contributed by atoms with E-state index in [0.29, 0.717) is 18.4 Å². The van der Waals surface area contributed by atoms with Crippen LogP contribution in [-0.4, -0.2) is 55.5 Å². The van der Waals surface area contributed by atoms with Gasteiger partial charge in [-0.25, -0.2) is 0 Å². The molecule has 1 unspecified atom stereocenters. The maximum Gasteiger partial charge on any atom is 0.239 e. The summed E-state index contributed by atoms with van der Waals surface area (Å²) in [6.07, 6.45) is 1.12. The first kappa shape index (κ1) is 18.9. The molecule has 1 heterocycles. The van der Waals surface area contributed by atoms with Crippen LogP contribution in [-0.2, 0) is 9.59 Å². The van der Waals surface area contributed by atoms with Crippen LogP contribution in [0.4, 0.5) is 0 Å². The van der Waals surface area contributed by atoms with Crippen molar-refractivity contribution in [3.63, 3.8) is 0 Å². The van der Waals surface area contributed by atoms with E-state index in [-0.39, 0.29) is 24.3 Å². The summed E-state index contributed by atoms with van der Waals surface area (Å²) >= 11 is 0. The molecule has 6 nitrogen and oxygen atoms in total. The molecule has 1 saturated heterocycles. The molecule has 1 aliphatic heterocycles. The molecule has 0 aromatic carbocycles. The third-order valence-electron chi connectivity index (χ3n) is 4.03. The van der Waals surface area contributed by atoms with Crippen LogP contribution >= 0.6 is 0 Å². The Morgan fingerprint density at radius 2 is 1.91 bits per heavy atom. The topological polar surface area (TPSA) is 87.5 Å². The van der Waals surface area contributed by atoms with Crippen molar-refractivity contribution in [3.05, 3.63) is 0 Å². The van der Waals surface area contributed by atoms with Crippen molar-refractivity contribution in [1.82, 2.24) is 15.5 Å². The second-order valence-electron chi connectivity index (χ2n) is 7.10. The number of hydrogen-bond donors (Lipinski definition) is 3. The lowest BCUT2D eigenvalue weighted by Crippen LogP contribution is -2.47. The number of carbonyl (C=O) groups excluding carboxylic acids is 2. The average molecular weight is 312 g/mol. The molecular weight excluding hydrogens is 280 g/mol. The first-order valence-corrected chi connectivity index (χ1v) is 8.32. The van der Waals surface area contributed by atoms with E-state index in [4.69, 9.17) is 5.73 Å². The maximum atomic E-state index is 11.8. The molecule has 0 aromatic heterocycles. The largest absolute Gasteiger partial charge is 0.354 e. The molecular formula is C16H32N4O2. The number of carbonyl (C=O) groups is 2. The SMILES string of the molecule is CC(C)CN1CCC(CNC(=O)CNC(=O)[C@@H](N)C(C)C)C1. The van der Waals surface area contributed by atoms with Crippen molar-refractivity contribution in [2.24, 2.45) is 23.5 Å². The molecule has 2 amide bonds. The quantitative estimate of drug-likeness (QED) is 0.597. The number of likely N-dealkylation sites (tertiary alicyclic amines) is 1. The summed E-state index contributed by atoms with van der Waals surface area (Å²) in [5.74, 6) is 0.833. The average Bonchev–Trinajstić information content (AvgIpc) is 2.88. The van der Waals surface area contributed by atoms with E-state index in [9.17, 15) is 9.59 Å². The summed E-state index contributed by atoms with van der Waals surface area (Å²) in [4.78, 5) is 25.9. The Morgan fingerprint density at radius 3 is 2.50 bits per heavy atom. The molecule has 128 valence electrons.